The smallest absolute Gasteiger partial charge is 0.156 e. The lowest BCUT2D eigenvalue weighted by atomic mass is 10.1. The molecule has 0 aliphatic carbocycles. The summed E-state index contributed by atoms with van der Waals surface area (Å²) in [5.41, 5.74) is 2.85. The zero-order valence-electron chi connectivity index (χ0n) is 13.8. The van der Waals surface area contributed by atoms with E-state index in [0.717, 1.165) is 33.8 Å². The lowest BCUT2D eigenvalue weighted by Gasteiger charge is -2.05. The number of furan rings is 1. The van der Waals surface area contributed by atoms with Crippen LogP contribution in [0.15, 0.2) is 53.5 Å². The number of hydrogen-bond acceptors (Lipinski definition) is 3. The molecular formula is C20H19ClO3. The van der Waals surface area contributed by atoms with Gasteiger partial charge in [0.15, 0.2) is 5.58 Å². The Morgan fingerprint density at radius 1 is 1.17 bits per heavy atom. The van der Waals surface area contributed by atoms with Crippen LogP contribution in [0, 0.1) is 6.92 Å². The van der Waals surface area contributed by atoms with Crippen LogP contribution >= 0.6 is 11.6 Å². The second-order valence-corrected chi connectivity index (χ2v) is 5.93. The third-order valence-electron chi connectivity index (χ3n) is 3.97. The summed E-state index contributed by atoms with van der Waals surface area (Å²) in [6.07, 6.45) is 2.40. The largest absolute Gasteiger partial charge is 0.497 e. The Labute approximate surface area is 146 Å². The van der Waals surface area contributed by atoms with Crippen molar-refractivity contribution in [1.82, 2.24) is 0 Å². The molecule has 0 aliphatic heterocycles. The van der Waals surface area contributed by atoms with E-state index in [9.17, 15) is 0 Å². The van der Waals surface area contributed by atoms with Crippen LogP contribution in [-0.4, -0.2) is 13.7 Å². The molecular weight excluding hydrogens is 324 g/mol. The number of rotatable bonds is 6. The van der Waals surface area contributed by atoms with E-state index in [1.807, 2.05) is 37.3 Å². The SMILES string of the molecule is C=CCOc1ccc(Cl)c2oc(Cc3ccc(OC)cc3)c(C)c12. The predicted molar refractivity (Wildman–Crippen MR) is 97.5 cm³/mol. The first kappa shape index (κ1) is 16.5. The fourth-order valence-electron chi connectivity index (χ4n) is 2.70. The van der Waals surface area contributed by atoms with Crippen molar-refractivity contribution in [3.63, 3.8) is 0 Å². The average Bonchev–Trinajstić information content (AvgIpc) is 2.93. The van der Waals surface area contributed by atoms with E-state index in [0.29, 0.717) is 23.6 Å². The van der Waals surface area contributed by atoms with Crippen LogP contribution in [0.3, 0.4) is 0 Å². The van der Waals surface area contributed by atoms with Crippen LogP contribution in [0.1, 0.15) is 16.9 Å². The highest BCUT2D eigenvalue weighted by atomic mass is 35.5. The molecule has 1 aromatic heterocycles. The van der Waals surface area contributed by atoms with Crippen molar-refractivity contribution in [2.45, 2.75) is 13.3 Å². The summed E-state index contributed by atoms with van der Waals surface area (Å²) in [4.78, 5) is 0. The van der Waals surface area contributed by atoms with Crippen molar-refractivity contribution in [1.29, 1.82) is 0 Å². The molecule has 3 aromatic rings. The first-order chi connectivity index (χ1) is 11.6. The molecule has 24 heavy (non-hydrogen) atoms. The Balaban J connectivity index is 2.00. The first-order valence-corrected chi connectivity index (χ1v) is 8.09. The van der Waals surface area contributed by atoms with Crippen LogP contribution in [0.2, 0.25) is 5.02 Å². The Bertz CT molecular complexity index is 863. The number of benzene rings is 2. The normalized spacial score (nSPS) is 10.8. The molecule has 124 valence electrons. The van der Waals surface area contributed by atoms with Gasteiger partial charge in [-0.05, 0) is 36.8 Å². The van der Waals surface area contributed by atoms with Crippen molar-refractivity contribution in [3.05, 3.63) is 71.0 Å². The number of ether oxygens (including phenoxy) is 2. The Morgan fingerprint density at radius 3 is 2.58 bits per heavy atom. The van der Waals surface area contributed by atoms with Gasteiger partial charge >= 0.3 is 0 Å². The molecule has 2 aromatic carbocycles. The predicted octanol–water partition coefficient (Wildman–Crippen LogP) is 5.56. The lowest BCUT2D eigenvalue weighted by molar-refractivity contribution is 0.367. The van der Waals surface area contributed by atoms with E-state index in [1.165, 1.54) is 0 Å². The van der Waals surface area contributed by atoms with E-state index >= 15 is 0 Å². The van der Waals surface area contributed by atoms with Crippen LogP contribution in [-0.2, 0) is 6.42 Å². The molecule has 0 atom stereocenters. The van der Waals surface area contributed by atoms with Crippen molar-refractivity contribution in [3.8, 4) is 11.5 Å². The summed E-state index contributed by atoms with van der Waals surface area (Å²) < 4.78 is 17.0. The van der Waals surface area contributed by atoms with Gasteiger partial charge in [0, 0.05) is 12.0 Å². The molecule has 1 heterocycles. The second-order valence-electron chi connectivity index (χ2n) is 5.52. The van der Waals surface area contributed by atoms with Crippen LogP contribution in [0.4, 0.5) is 0 Å². The van der Waals surface area contributed by atoms with Crippen molar-refractivity contribution >= 4 is 22.6 Å². The molecule has 0 bridgehead atoms. The monoisotopic (exact) mass is 342 g/mol. The molecule has 0 fully saturated rings. The fourth-order valence-corrected chi connectivity index (χ4v) is 2.90. The van der Waals surface area contributed by atoms with E-state index in [2.05, 4.69) is 6.58 Å². The topological polar surface area (TPSA) is 31.6 Å². The minimum Gasteiger partial charge on any atom is -0.497 e. The lowest BCUT2D eigenvalue weighted by Crippen LogP contribution is -1.94. The minimum absolute atomic E-state index is 0.440. The third-order valence-corrected chi connectivity index (χ3v) is 4.27. The number of aryl methyl sites for hydroxylation is 1. The van der Waals surface area contributed by atoms with Crippen LogP contribution in [0.5, 0.6) is 11.5 Å². The molecule has 0 saturated heterocycles. The highest BCUT2D eigenvalue weighted by Gasteiger charge is 2.17. The van der Waals surface area contributed by atoms with Gasteiger partial charge in [-0.3, -0.25) is 0 Å². The summed E-state index contributed by atoms with van der Waals surface area (Å²) in [5, 5.41) is 1.51. The summed E-state index contributed by atoms with van der Waals surface area (Å²) in [6.45, 7) is 6.16. The Hall–Kier alpha value is -2.39. The molecule has 0 aliphatic rings. The summed E-state index contributed by atoms with van der Waals surface area (Å²) >= 11 is 6.30. The number of fused-ring (bicyclic) bond motifs is 1. The van der Waals surface area contributed by atoms with Crippen molar-refractivity contribution in [2.24, 2.45) is 0 Å². The summed E-state index contributed by atoms with van der Waals surface area (Å²) in [7, 11) is 1.66. The number of hydrogen-bond donors (Lipinski definition) is 0. The fraction of sp³-hybridized carbons (Fsp3) is 0.200. The van der Waals surface area contributed by atoms with E-state index in [1.54, 1.807) is 19.3 Å². The van der Waals surface area contributed by atoms with Gasteiger partial charge in [0.2, 0.25) is 0 Å². The van der Waals surface area contributed by atoms with Gasteiger partial charge in [-0.2, -0.15) is 0 Å². The molecule has 0 amide bonds. The standard InChI is InChI=1S/C20H19ClO3/c1-4-11-23-17-10-9-16(21)20-19(17)13(2)18(24-20)12-14-5-7-15(22-3)8-6-14/h4-10H,1,11-12H2,2-3H3. The molecule has 3 rings (SSSR count). The molecule has 0 spiro atoms. The maximum Gasteiger partial charge on any atom is 0.156 e. The quantitative estimate of drug-likeness (QED) is 0.550. The molecule has 3 nitrogen and oxygen atoms in total. The van der Waals surface area contributed by atoms with E-state index in [-0.39, 0.29) is 0 Å². The second kappa shape index (κ2) is 7.02. The molecule has 0 unspecified atom stereocenters. The first-order valence-electron chi connectivity index (χ1n) is 7.71. The van der Waals surface area contributed by atoms with Gasteiger partial charge < -0.3 is 13.9 Å². The molecule has 0 radical (unpaired) electrons. The van der Waals surface area contributed by atoms with E-state index < -0.39 is 0 Å². The highest BCUT2D eigenvalue weighted by molar-refractivity contribution is 6.35. The molecule has 0 saturated carbocycles. The average molecular weight is 343 g/mol. The Morgan fingerprint density at radius 2 is 1.92 bits per heavy atom. The maximum atomic E-state index is 6.30. The minimum atomic E-state index is 0.440. The summed E-state index contributed by atoms with van der Waals surface area (Å²) in [5.74, 6) is 2.48. The van der Waals surface area contributed by atoms with E-state index in [4.69, 9.17) is 25.5 Å². The third kappa shape index (κ3) is 3.13. The summed E-state index contributed by atoms with van der Waals surface area (Å²) in [6, 6.07) is 11.6. The van der Waals surface area contributed by atoms with Gasteiger partial charge in [0.25, 0.3) is 0 Å². The molecule has 0 N–H and O–H groups in total. The van der Waals surface area contributed by atoms with Gasteiger partial charge in [0.1, 0.15) is 23.9 Å². The highest BCUT2D eigenvalue weighted by Crippen LogP contribution is 2.38. The van der Waals surface area contributed by atoms with Crippen molar-refractivity contribution < 1.29 is 13.9 Å². The maximum absolute atomic E-state index is 6.30. The molecule has 4 heteroatoms. The zero-order valence-corrected chi connectivity index (χ0v) is 14.5. The van der Waals surface area contributed by atoms with Gasteiger partial charge in [-0.1, -0.05) is 36.4 Å². The number of methoxy groups -OCH3 is 1. The van der Waals surface area contributed by atoms with Crippen LogP contribution < -0.4 is 9.47 Å². The zero-order chi connectivity index (χ0) is 17.1. The number of halogens is 1. The van der Waals surface area contributed by atoms with Gasteiger partial charge in [-0.15, -0.1) is 0 Å². The van der Waals surface area contributed by atoms with Crippen molar-refractivity contribution in [2.75, 3.05) is 13.7 Å². The Kier molecular flexibility index (Phi) is 4.81. The van der Waals surface area contributed by atoms with Crippen LogP contribution in [0.25, 0.3) is 11.0 Å². The van der Waals surface area contributed by atoms with Gasteiger partial charge in [0.05, 0.1) is 17.5 Å². The van der Waals surface area contributed by atoms with Gasteiger partial charge in [-0.25, -0.2) is 0 Å².